The number of hydrogen-bond donors (Lipinski definition) is 0. The quantitative estimate of drug-likeness (QED) is 0.163. The summed E-state index contributed by atoms with van der Waals surface area (Å²) in [5.41, 5.74) is 16.7. The molecule has 0 fully saturated rings. The molecule has 0 saturated carbocycles. The zero-order valence-electron chi connectivity index (χ0n) is 31.4. The van der Waals surface area contributed by atoms with E-state index in [0.717, 1.165) is 83.9 Å². The van der Waals surface area contributed by atoms with Gasteiger partial charge in [-0.1, -0.05) is 164 Å². The molecule has 272 valence electrons. The maximum absolute atomic E-state index is 5.37. The molecule has 0 spiro atoms. The van der Waals surface area contributed by atoms with Gasteiger partial charge >= 0.3 is 0 Å². The highest BCUT2D eigenvalue weighted by atomic mass is 15.2. The van der Waals surface area contributed by atoms with E-state index in [1.807, 2.05) is 36.4 Å². The Balaban J connectivity index is 1.17. The van der Waals surface area contributed by atoms with Crippen molar-refractivity contribution in [3.8, 4) is 73.0 Å². The normalized spacial score (nSPS) is 11.4. The summed E-state index contributed by atoms with van der Waals surface area (Å²) in [6.45, 7) is 0. The largest absolute Gasteiger partial charge is 0.278 e. The molecule has 0 atom stereocenters. The highest BCUT2D eigenvalue weighted by molar-refractivity contribution is 5.97. The van der Waals surface area contributed by atoms with Gasteiger partial charge in [-0.2, -0.15) is 0 Å². The van der Waals surface area contributed by atoms with E-state index in [4.69, 9.17) is 15.0 Å². The Morgan fingerprint density at radius 2 is 0.793 bits per heavy atom. The van der Waals surface area contributed by atoms with Crippen molar-refractivity contribution in [2.45, 2.75) is 0 Å². The van der Waals surface area contributed by atoms with Gasteiger partial charge in [-0.05, 0) is 76.3 Å². The average molecular weight is 742 g/mol. The molecule has 3 aromatic heterocycles. The number of hydrogen-bond acceptors (Lipinski definition) is 3. The number of aromatic nitrogens is 5. The topological polar surface area (TPSA) is 48.0 Å². The third-order valence-corrected chi connectivity index (χ3v) is 11.0. The van der Waals surface area contributed by atoms with Gasteiger partial charge in [0.25, 0.3) is 0 Å². The lowest BCUT2D eigenvalue weighted by Crippen LogP contribution is -2.00. The Hall–Kier alpha value is -7.89. The molecule has 5 heteroatoms. The Bertz CT molecular complexity index is 3190. The molecular weight excluding hydrogens is 707 g/mol. The molecule has 0 saturated heterocycles. The standard InChI is InChI=1S/C53H35N5/c1-6-16-36(17-7-1)41-26-29-45-50(33-41)58-51-34-42(37-18-8-2-9-19-37)27-31-49(51)57(53(58)56-45)48-30-28-43(32-44(48)38-20-10-3-11-21-38)52-54-46(39-22-12-4-13-23-39)35-47(55-52)40-24-14-5-15-25-40/h1-35H. The minimum atomic E-state index is 0.666. The Morgan fingerprint density at radius 1 is 0.310 bits per heavy atom. The molecule has 0 radical (unpaired) electrons. The highest BCUT2D eigenvalue weighted by Crippen LogP contribution is 2.39. The molecule has 0 aliphatic rings. The van der Waals surface area contributed by atoms with E-state index in [1.54, 1.807) is 0 Å². The minimum absolute atomic E-state index is 0.666. The minimum Gasteiger partial charge on any atom is -0.278 e. The summed E-state index contributed by atoms with van der Waals surface area (Å²) >= 11 is 0. The summed E-state index contributed by atoms with van der Waals surface area (Å²) in [6.07, 6.45) is 0. The Morgan fingerprint density at radius 3 is 1.36 bits per heavy atom. The predicted molar refractivity (Wildman–Crippen MR) is 238 cm³/mol. The van der Waals surface area contributed by atoms with Crippen molar-refractivity contribution in [2.24, 2.45) is 0 Å². The second kappa shape index (κ2) is 14.0. The highest BCUT2D eigenvalue weighted by Gasteiger charge is 2.22. The predicted octanol–water partition coefficient (Wildman–Crippen LogP) is 13.2. The fraction of sp³-hybridized carbons (Fsp3) is 0. The van der Waals surface area contributed by atoms with Crippen LogP contribution in [0.4, 0.5) is 0 Å². The molecule has 0 aliphatic heterocycles. The first-order valence-corrected chi connectivity index (χ1v) is 19.5. The second-order valence-electron chi connectivity index (χ2n) is 14.5. The molecule has 11 aromatic rings. The van der Waals surface area contributed by atoms with Gasteiger partial charge in [0.1, 0.15) is 0 Å². The summed E-state index contributed by atoms with van der Waals surface area (Å²) in [5.74, 6) is 1.51. The summed E-state index contributed by atoms with van der Waals surface area (Å²) in [7, 11) is 0. The van der Waals surface area contributed by atoms with Crippen molar-refractivity contribution in [3.05, 3.63) is 212 Å². The van der Waals surface area contributed by atoms with Crippen LogP contribution in [0.1, 0.15) is 0 Å². The fourth-order valence-electron chi connectivity index (χ4n) is 8.12. The third kappa shape index (κ3) is 5.85. The molecule has 0 amide bonds. The first-order valence-electron chi connectivity index (χ1n) is 19.5. The molecule has 0 unspecified atom stereocenters. The van der Waals surface area contributed by atoms with Gasteiger partial charge < -0.3 is 0 Å². The summed E-state index contributed by atoms with van der Waals surface area (Å²) in [6, 6.07) is 74.4. The molecular formula is C53H35N5. The maximum Gasteiger partial charge on any atom is 0.220 e. The van der Waals surface area contributed by atoms with E-state index < -0.39 is 0 Å². The molecule has 11 rings (SSSR count). The third-order valence-electron chi connectivity index (χ3n) is 11.0. The van der Waals surface area contributed by atoms with E-state index in [2.05, 4.69) is 185 Å². The fourth-order valence-corrected chi connectivity index (χ4v) is 8.12. The van der Waals surface area contributed by atoms with Crippen molar-refractivity contribution in [2.75, 3.05) is 0 Å². The van der Waals surface area contributed by atoms with Gasteiger partial charge in [0.15, 0.2) is 5.82 Å². The van der Waals surface area contributed by atoms with Crippen LogP contribution in [0.15, 0.2) is 212 Å². The van der Waals surface area contributed by atoms with Crippen LogP contribution in [0, 0.1) is 0 Å². The van der Waals surface area contributed by atoms with Crippen LogP contribution in [0.5, 0.6) is 0 Å². The smallest absolute Gasteiger partial charge is 0.220 e. The lowest BCUT2D eigenvalue weighted by Gasteiger charge is -2.15. The Kier molecular flexibility index (Phi) is 8.07. The summed E-state index contributed by atoms with van der Waals surface area (Å²) < 4.78 is 4.64. The molecule has 3 heterocycles. The lowest BCUT2D eigenvalue weighted by atomic mass is 9.99. The van der Waals surface area contributed by atoms with Crippen molar-refractivity contribution in [1.82, 2.24) is 23.9 Å². The number of imidazole rings is 2. The van der Waals surface area contributed by atoms with Crippen LogP contribution in [-0.4, -0.2) is 23.9 Å². The SMILES string of the molecule is c1ccc(-c2ccc3nc4n(-c5ccc(-c6nc(-c7ccccc7)cc(-c7ccccc7)n6)cc5-c5ccccc5)c5ccc(-c6ccccc6)cc5n4c3c2)cc1. The Labute approximate surface area is 335 Å². The monoisotopic (exact) mass is 741 g/mol. The summed E-state index contributed by atoms with van der Waals surface area (Å²) in [5, 5.41) is 0. The molecule has 0 N–H and O–H groups in total. The van der Waals surface area contributed by atoms with E-state index >= 15 is 0 Å². The van der Waals surface area contributed by atoms with Crippen molar-refractivity contribution in [1.29, 1.82) is 0 Å². The second-order valence-corrected chi connectivity index (χ2v) is 14.5. The van der Waals surface area contributed by atoms with Gasteiger partial charge in [-0.15, -0.1) is 0 Å². The van der Waals surface area contributed by atoms with E-state index in [9.17, 15) is 0 Å². The first kappa shape index (κ1) is 33.4. The molecule has 58 heavy (non-hydrogen) atoms. The number of nitrogens with zero attached hydrogens (tertiary/aromatic N) is 5. The first-order chi connectivity index (χ1) is 28.7. The molecule has 0 bridgehead atoms. The van der Waals surface area contributed by atoms with Crippen LogP contribution in [0.3, 0.4) is 0 Å². The molecule has 5 nitrogen and oxygen atoms in total. The number of fused-ring (bicyclic) bond motifs is 5. The number of benzene rings is 8. The van der Waals surface area contributed by atoms with Crippen LogP contribution in [0.25, 0.3) is 101 Å². The van der Waals surface area contributed by atoms with Crippen LogP contribution in [-0.2, 0) is 0 Å². The molecule has 8 aromatic carbocycles. The van der Waals surface area contributed by atoms with Gasteiger partial charge in [-0.3, -0.25) is 8.97 Å². The van der Waals surface area contributed by atoms with Gasteiger partial charge in [0.05, 0.1) is 39.1 Å². The van der Waals surface area contributed by atoms with Crippen molar-refractivity contribution in [3.63, 3.8) is 0 Å². The van der Waals surface area contributed by atoms with E-state index in [0.29, 0.717) is 5.82 Å². The maximum atomic E-state index is 5.37. The lowest BCUT2D eigenvalue weighted by molar-refractivity contribution is 1.11. The van der Waals surface area contributed by atoms with E-state index in [-0.39, 0.29) is 0 Å². The van der Waals surface area contributed by atoms with Gasteiger partial charge in [-0.25, -0.2) is 15.0 Å². The van der Waals surface area contributed by atoms with E-state index in [1.165, 1.54) is 11.1 Å². The van der Waals surface area contributed by atoms with Crippen LogP contribution >= 0.6 is 0 Å². The number of rotatable bonds is 7. The zero-order valence-corrected chi connectivity index (χ0v) is 31.4. The zero-order chi connectivity index (χ0) is 38.4. The van der Waals surface area contributed by atoms with Crippen molar-refractivity contribution >= 4 is 27.8 Å². The van der Waals surface area contributed by atoms with Gasteiger partial charge in [0, 0.05) is 22.3 Å². The average Bonchev–Trinajstić information content (AvgIpc) is 3.84. The van der Waals surface area contributed by atoms with Crippen molar-refractivity contribution < 1.29 is 0 Å². The van der Waals surface area contributed by atoms with Gasteiger partial charge in [0.2, 0.25) is 5.78 Å². The van der Waals surface area contributed by atoms with Crippen LogP contribution in [0.2, 0.25) is 0 Å². The molecule has 0 aliphatic carbocycles. The van der Waals surface area contributed by atoms with Crippen LogP contribution < -0.4 is 0 Å². The summed E-state index contributed by atoms with van der Waals surface area (Å²) in [4.78, 5) is 15.8.